The van der Waals surface area contributed by atoms with Crippen molar-refractivity contribution in [2.75, 3.05) is 19.0 Å². The number of thiazole rings is 1. The van der Waals surface area contributed by atoms with Crippen molar-refractivity contribution in [3.8, 4) is 6.01 Å². The molecule has 2 aromatic rings. The predicted octanol–water partition coefficient (Wildman–Crippen LogP) is 1.92. The summed E-state index contributed by atoms with van der Waals surface area (Å²) in [5.74, 6) is 0.488. The smallest absolute Gasteiger partial charge is 0.322 e. The minimum absolute atomic E-state index is 0.325. The van der Waals surface area contributed by atoms with Gasteiger partial charge >= 0.3 is 6.01 Å². The van der Waals surface area contributed by atoms with Crippen molar-refractivity contribution in [3.63, 3.8) is 0 Å². The minimum Gasteiger partial charge on any atom is -0.464 e. The first-order chi connectivity index (χ1) is 8.31. The third kappa shape index (κ3) is 3.27. The van der Waals surface area contributed by atoms with Gasteiger partial charge in [-0.15, -0.1) is 11.3 Å². The maximum atomic E-state index is 5.28. The first-order valence-electron chi connectivity index (χ1n) is 4.95. The molecular formula is C9H11N5OS2. The van der Waals surface area contributed by atoms with E-state index in [9.17, 15) is 0 Å². The summed E-state index contributed by atoms with van der Waals surface area (Å²) in [4.78, 5) is 16.7. The van der Waals surface area contributed by atoms with Crippen LogP contribution in [0.2, 0.25) is 0 Å². The van der Waals surface area contributed by atoms with Gasteiger partial charge in [-0.25, -0.2) is 4.98 Å². The van der Waals surface area contributed by atoms with Gasteiger partial charge in [0.1, 0.15) is 0 Å². The third-order valence-corrected chi connectivity index (χ3v) is 3.43. The highest BCUT2D eigenvalue weighted by atomic mass is 32.2. The van der Waals surface area contributed by atoms with Crippen molar-refractivity contribution in [1.29, 1.82) is 0 Å². The monoisotopic (exact) mass is 269 g/mol. The molecule has 2 aromatic heterocycles. The zero-order valence-electron chi connectivity index (χ0n) is 9.38. The molecule has 0 atom stereocenters. The van der Waals surface area contributed by atoms with Crippen molar-refractivity contribution in [2.24, 2.45) is 0 Å². The molecule has 0 aliphatic heterocycles. The Balaban J connectivity index is 2.23. The molecule has 0 saturated carbocycles. The van der Waals surface area contributed by atoms with Crippen LogP contribution in [0.25, 0.3) is 0 Å². The number of hydrogen-bond acceptors (Lipinski definition) is 8. The van der Waals surface area contributed by atoms with Crippen LogP contribution < -0.4 is 10.1 Å². The quantitative estimate of drug-likeness (QED) is 0.888. The molecule has 0 aromatic carbocycles. The van der Waals surface area contributed by atoms with Gasteiger partial charge in [0.2, 0.25) is 11.1 Å². The van der Waals surface area contributed by atoms with Crippen molar-refractivity contribution < 1.29 is 4.74 Å². The Morgan fingerprint density at radius 3 is 2.94 bits per heavy atom. The Labute approximate surface area is 107 Å². The summed E-state index contributed by atoms with van der Waals surface area (Å²) in [5, 5.41) is 5.35. The highest BCUT2D eigenvalue weighted by molar-refractivity contribution is 8.00. The average Bonchev–Trinajstić information content (AvgIpc) is 2.82. The van der Waals surface area contributed by atoms with Crippen LogP contribution in [0.3, 0.4) is 0 Å². The van der Waals surface area contributed by atoms with Crippen LogP contribution in [0.15, 0.2) is 21.1 Å². The van der Waals surface area contributed by atoms with Crippen LogP contribution >= 0.6 is 23.1 Å². The standard InChI is InChI=1S/C9H11N5OS2/c1-3-15-7-12-6(10-2)13-8(14-7)17-9-11-4-5-16-9/h4-5H,3H2,1-2H3,(H,10,12,13,14). The Bertz CT molecular complexity index is 476. The molecule has 1 N–H and O–H groups in total. The maximum absolute atomic E-state index is 5.28. The highest BCUT2D eigenvalue weighted by Crippen LogP contribution is 2.27. The van der Waals surface area contributed by atoms with E-state index < -0.39 is 0 Å². The molecular weight excluding hydrogens is 258 g/mol. The van der Waals surface area contributed by atoms with Gasteiger partial charge in [0, 0.05) is 18.6 Å². The molecule has 2 heterocycles. The van der Waals surface area contributed by atoms with Gasteiger partial charge in [-0.3, -0.25) is 0 Å². The molecule has 0 saturated heterocycles. The number of rotatable bonds is 5. The number of anilines is 1. The number of nitrogens with one attached hydrogen (secondary N) is 1. The fourth-order valence-electron chi connectivity index (χ4n) is 1.03. The molecule has 0 bridgehead atoms. The zero-order valence-corrected chi connectivity index (χ0v) is 11.0. The average molecular weight is 269 g/mol. The molecule has 6 nitrogen and oxygen atoms in total. The molecule has 0 spiro atoms. The fourth-order valence-corrected chi connectivity index (χ4v) is 2.50. The van der Waals surface area contributed by atoms with Crippen LogP contribution in [0.4, 0.5) is 5.95 Å². The largest absolute Gasteiger partial charge is 0.464 e. The van der Waals surface area contributed by atoms with Crippen LogP contribution in [0.1, 0.15) is 6.92 Å². The molecule has 0 aliphatic carbocycles. The van der Waals surface area contributed by atoms with Crippen LogP contribution in [0.5, 0.6) is 6.01 Å². The molecule has 90 valence electrons. The molecule has 0 amide bonds. The van der Waals surface area contributed by atoms with Gasteiger partial charge in [-0.05, 0) is 18.7 Å². The number of nitrogens with zero attached hydrogens (tertiary/aromatic N) is 4. The summed E-state index contributed by atoms with van der Waals surface area (Å²) in [5.41, 5.74) is 0. The Hall–Kier alpha value is -1.41. The van der Waals surface area contributed by atoms with Crippen LogP contribution in [-0.4, -0.2) is 33.6 Å². The predicted molar refractivity (Wildman–Crippen MR) is 66.8 cm³/mol. The Morgan fingerprint density at radius 2 is 2.29 bits per heavy atom. The second-order valence-electron chi connectivity index (χ2n) is 2.81. The lowest BCUT2D eigenvalue weighted by molar-refractivity contribution is 0.308. The van der Waals surface area contributed by atoms with E-state index in [1.807, 2.05) is 12.3 Å². The molecule has 0 radical (unpaired) electrons. The highest BCUT2D eigenvalue weighted by Gasteiger charge is 2.09. The Morgan fingerprint density at radius 1 is 1.41 bits per heavy atom. The lowest BCUT2D eigenvalue weighted by Gasteiger charge is -2.05. The van der Waals surface area contributed by atoms with Gasteiger partial charge in [-0.2, -0.15) is 15.0 Å². The van der Waals surface area contributed by atoms with E-state index in [1.54, 1.807) is 24.6 Å². The Kier molecular flexibility index (Phi) is 4.10. The molecule has 0 aliphatic rings. The first kappa shape index (κ1) is 12.1. The first-order valence-corrected chi connectivity index (χ1v) is 6.65. The van der Waals surface area contributed by atoms with Gasteiger partial charge in [0.05, 0.1) is 6.61 Å². The van der Waals surface area contributed by atoms with E-state index in [-0.39, 0.29) is 0 Å². The number of aromatic nitrogens is 4. The SMILES string of the molecule is CCOc1nc(NC)nc(Sc2nccs2)n1. The summed E-state index contributed by atoms with van der Waals surface area (Å²) in [6.07, 6.45) is 1.75. The van der Waals surface area contributed by atoms with Crippen LogP contribution in [-0.2, 0) is 0 Å². The van der Waals surface area contributed by atoms with Gasteiger partial charge in [0.25, 0.3) is 0 Å². The maximum Gasteiger partial charge on any atom is 0.322 e. The summed E-state index contributed by atoms with van der Waals surface area (Å²) in [6, 6.07) is 0.325. The fraction of sp³-hybridized carbons (Fsp3) is 0.333. The van der Waals surface area contributed by atoms with Crippen LogP contribution in [0, 0.1) is 0 Å². The molecule has 8 heteroatoms. The van der Waals surface area contributed by atoms with Crippen molar-refractivity contribution in [3.05, 3.63) is 11.6 Å². The zero-order chi connectivity index (χ0) is 12.1. The van der Waals surface area contributed by atoms with Gasteiger partial charge < -0.3 is 10.1 Å². The molecule has 0 unspecified atom stereocenters. The van der Waals surface area contributed by atoms with E-state index >= 15 is 0 Å². The number of ether oxygens (including phenoxy) is 1. The lowest BCUT2D eigenvalue weighted by atomic mass is 10.8. The lowest BCUT2D eigenvalue weighted by Crippen LogP contribution is -2.04. The number of hydrogen-bond donors (Lipinski definition) is 1. The minimum atomic E-state index is 0.325. The summed E-state index contributed by atoms with van der Waals surface area (Å²) in [7, 11) is 1.75. The van der Waals surface area contributed by atoms with Gasteiger partial charge in [0.15, 0.2) is 4.34 Å². The third-order valence-electron chi connectivity index (χ3n) is 1.68. The van der Waals surface area contributed by atoms with Crippen molar-refractivity contribution in [2.45, 2.75) is 16.4 Å². The van der Waals surface area contributed by atoms with Crippen molar-refractivity contribution in [1.82, 2.24) is 19.9 Å². The topological polar surface area (TPSA) is 72.8 Å². The van der Waals surface area contributed by atoms with E-state index in [0.717, 1.165) is 4.34 Å². The molecule has 0 fully saturated rings. The summed E-state index contributed by atoms with van der Waals surface area (Å²) < 4.78 is 6.17. The summed E-state index contributed by atoms with van der Waals surface area (Å²) >= 11 is 2.93. The van der Waals surface area contributed by atoms with Gasteiger partial charge in [-0.1, -0.05) is 0 Å². The van der Waals surface area contributed by atoms with E-state index in [4.69, 9.17) is 4.74 Å². The normalized spacial score (nSPS) is 10.2. The molecule has 2 rings (SSSR count). The summed E-state index contributed by atoms with van der Waals surface area (Å²) in [6.45, 7) is 2.41. The van der Waals surface area contributed by atoms with Crippen molar-refractivity contribution >= 4 is 29.0 Å². The second-order valence-corrected chi connectivity index (χ2v) is 4.92. The van der Waals surface area contributed by atoms with E-state index in [2.05, 4.69) is 25.3 Å². The van der Waals surface area contributed by atoms with E-state index in [1.165, 1.54) is 11.8 Å². The second kappa shape index (κ2) is 5.78. The van der Waals surface area contributed by atoms with E-state index in [0.29, 0.717) is 23.7 Å². The molecule has 17 heavy (non-hydrogen) atoms.